The van der Waals surface area contributed by atoms with Crippen LogP contribution in [-0.4, -0.2) is 15.8 Å². The van der Waals surface area contributed by atoms with Crippen LogP contribution in [-0.2, 0) is 11.2 Å². The molecule has 3 nitrogen and oxygen atoms in total. The Morgan fingerprint density at radius 1 is 1.31 bits per heavy atom. The first-order chi connectivity index (χ1) is 6.11. The number of ketones is 1. The van der Waals surface area contributed by atoms with Crippen LogP contribution in [0.15, 0.2) is 6.07 Å². The van der Waals surface area contributed by atoms with Crippen molar-refractivity contribution in [3.63, 3.8) is 0 Å². The number of hydrogen-bond acceptors (Lipinski definition) is 3. The average Bonchev–Trinajstić information content (AvgIpc) is 2.02. The molecule has 0 fully saturated rings. The molecule has 0 aliphatic heterocycles. The van der Waals surface area contributed by atoms with Crippen LogP contribution in [0.25, 0.3) is 0 Å². The smallest absolute Gasteiger partial charge is 0.140 e. The van der Waals surface area contributed by atoms with Crippen molar-refractivity contribution in [3.8, 4) is 0 Å². The molecule has 0 aromatic carbocycles. The van der Waals surface area contributed by atoms with Crippen LogP contribution in [0.3, 0.4) is 0 Å². The number of carbonyl (C=O) groups excluding carboxylic acids is 1. The van der Waals surface area contributed by atoms with Crippen molar-refractivity contribution < 1.29 is 4.79 Å². The third-order valence-corrected chi connectivity index (χ3v) is 1.78. The van der Waals surface area contributed by atoms with E-state index >= 15 is 0 Å². The Bertz CT molecular complexity index is 300. The van der Waals surface area contributed by atoms with Gasteiger partial charge in [0.1, 0.15) is 11.6 Å². The zero-order chi connectivity index (χ0) is 9.84. The highest BCUT2D eigenvalue weighted by Gasteiger charge is 2.04. The van der Waals surface area contributed by atoms with Crippen LogP contribution < -0.4 is 0 Å². The topological polar surface area (TPSA) is 42.9 Å². The first kappa shape index (κ1) is 9.84. The molecular formula is C10H14N2O. The van der Waals surface area contributed by atoms with Crippen molar-refractivity contribution in [2.75, 3.05) is 0 Å². The normalized spacial score (nSPS) is 10.1. The van der Waals surface area contributed by atoms with E-state index in [2.05, 4.69) is 9.97 Å². The van der Waals surface area contributed by atoms with Gasteiger partial charge in [-0.2, -0.15) is 0 Å². The van der Waals surface area contributed by atoms with Crippen LogP contribution in [0, 0.1) is 13.8 Å². The number of carbonyl (C=O) groups is 1. The first-order valence-corrected chi connectivity index (χ1v) is 4.44. The number of aromatic nitrogens is 2. The maximum absolute atomic E-state index is 11.1. The highest BCUT2D eigenvalue weighted by Crippen LogP contribution is 2.01. The Labute approximate surface area is 78.2 Å². The van der Waals surface area contributed by atoms with Crippen LogP contribution >= 0.6 is 0 Å². The van der Waals surface area contributed by atoms with Gasteiger partial charge in [-0.1, -0.05) is 6.92 Å². The minimum absolute atomic E-state index is 0.185. The van der Waals surface area contributed by atoms with E-state index in [-0.39, 0.29) is 5.78 Å². The average molecular weight is 178 g/mol. The minimum atomic E-state index is 0.185. The van der Waals surface area contributed by atoms with Gasteiger partial charge in [-0.05, 0) is 19.9 Å². The summed E-state index contributed by atoms with van der Waals surface area (Å²) in [6.45, 7) is 5.67. The van der Waals surface area contributed by atoms with E-state index < -0.39 is 0 Å². The lowest BCUT2D eigenvalue weighted by atomic mass is 10.2. The van der Waals surface area contributed by atoms with Crippen molar-refractivity contribution in [3.05, 3.63) is 23.3 Å². The summed E-state index contributed by atoms with van der Waals surface area (Å²) in [5.74, 6) is 0.828. The van der Waals surface area contributed by atoms with Gasteiger partial charge in [0.2, 0.25) is 0 Å². The molecule has 0 radical (unpaired) electrons. The van der Waals surface area contributed by atoms with Gasteiger partial charge in [-0.3, -0.25) is 4.79 Å². The Morgan fingerprint density at radius 2 is 1.85 bits per heavy atom. The van der Waals surface area contributed by atoms with E-state index in [1.807, 2.05) is 26.8 Å². The fraction of sp³-hybridized carbons (Fsp3) is 0.500. The van der Waals surface area contributed by atoms with E-state index in [0.717, 1.165) is 11.4 Å². The number of nitrogens with zero attached hydrogens (tertiary/aromatic N) is 2. The molecule has 0 atom stereocenters. The molecule has 70 valence electrons. The SMILES string of the molecule is CCC(=O)Cc1nc(C)cc(C)n1. The summed E-state index contributed by atoms with van der Waals surface area (Å²) < 4.78 is 0. The lowest BCUT2D eigenvalue weighted by Crippen LogP contribution is -2.06. The van der Waals surface area contributed by atoms with Crippen molar-refractivity contribution in [1.29, 1.82) is 0 Å². The highest BCUT2D eigenvalue weighted by atomic mass is 16.1. The van der Waals surface area contributed by atoms with Gasteiger partial charge in [0.25, 0.3) is 0 Å². The van der Waals surface area contributed by atoms with E-state index in [9.17, 15) is 4.79 Å². The van der Waals surface area contributed by atoms with E-state index in [4.69, 9.17) is 0 Å². The molecule has 0 bridgehead atoms. The fourth-order valence-corrected chi connectivity index (χ4v) is 1.18. The summed E-state index contributed by atoms with van der Waals surface area (Å²) in [7, 11) is 0. The standard InChI is InChI=1S/C10H14N2O/c1-4-9(13)6-10-11-7(2)5-8(3)12-10/h5H,4,6H2,1-3H3. The molecule has 1 aromatic heterocycles. The summed E-state index contributed by atoms with van der Waals surface area (Å²) in [5.41, 5.74) is 1.85. The number of rotatable bonds is 3. The lowest BCUT2D eigenvalue weighted by molar-refractivity contribution is -0.118. The van der Waals surface area contributed by atoms with Crippen LogP contribution in [0.5, 0.6) is 0 Å². The zero-order valence-electron chi connectivity index (χ0n) is 8.29. The Hall–Kier alpha value is -1.25. The molecule has 0 unspecified atom stereocenters. The van der Waals surface area contributed by atoms with Crippen molar-refractivity contribution in [2.24, 2.45) is 0 Å². The summed E-state index contributed by atoms with van der Waals surface area (Å²) in [4.78, 5) is 19.5. The van der Waals surface area contributed by atoms with Gasteiger partial charge in [-0.15, -0.1) is 0 Å². The van der Waals surface area contributed by atoms with Crippen LogP contribution in [0.2, 0.25) is 0 Å². The Kier molecular flexibility index (Phi) is 3.12. The first-order valence-electron chi connectivity index (χ1n) is 4.44. The summed E-state index contributed by atoms with van der Waals surface area (Å²) >= 11 is 0. The van der Waals surface area contributed by atoms with Gasteiger partial charge < -0.3 is 0 Å². The molecule has 1 heterocycles. The molecule has 0 aliphatic rings. The fourth-order valence-electron chi connectivity index (χ4n) is 1.18. The molecule has 0 spiro atoms. The summed E-state index contributed by atoms with van der Waals surface area (Å²) in [6, 6.07) is 1.90. The summed E-state index contributed by atoms with van der Waals surface area (Å²) in [6.07, 6.45) is 0.912. The molecule has 3 heteroatoms. The van der Waals surface area contributed by atoms with Crippen molar-refractivity contribution >= 4 is 5.78 Å². The number of hydrogen-bond donors (Lipinski definition) is 0. The molecule has 1 aromatic rings. The van der Waals surface area contributed by atoms with Gasteiger partial charge in [0.05, 0.1) is 6.42 Å². The Morgan fingerprint density at radius 3 is 2.31 bits per heavy atom. The predicted octanol–water partition coefficient (Wildman–Crippen LogP) is 1.62. The minimum Gasteiger partial charge on any atom is -0.299 e. The van der Waals surface area contributed by atoms with Gasteiger partial charge in [-0.25, -0.2) is 9.97 Å². The second-order valence-corrected chi connectivity index (χ2v) is 3.14. The monoisotopic (exact) mass is 178 g/mol. The van der Waals surface area contributed by atoms with Crippen molar-refractivity contribution in [2.45, 2.75) is 33.6 Å². The number of aryl methyl sites for hydroxylation is 2. The Balaban J connectivity index is 2.83. The molecular weight excluding hydrogens is 164 g/mol. The predicted molar refractivity (Wildman–Crippen MR) is 50.5 cm³/mol. The third-order valence-electron chi connectivity index (χ3n) is 1.78. The lowest BCUT2D eigenvalue weighted by Gasteiger charge is -2.00. The van der Waals surface area contributed by atoms with Crippen LogP contribution in [0.1, 0.15) is 30.6 Å². The number of Topliss-reactive ketones (excluding diaryl/α,β-unsaturated/α-hetero) is 1. The largest absolute Gasteiger partial charge is 0.299 e. The van der Waals surface area contributed by atoms with Gasteiger partial charge in [0, 0.05) is 17.8 Å². The second kappa shape index (κ2) is 4.12. The molecule has 0 N–H and O–H groups in total. The molecule has 1 rings (SSSR count). The zero-order valence-corrected chi connectivity index (χ0v) is 8.29. The van der Waals surface area contributed by atoms with E-state index in [0.29, 0.717) is 18.7 Å². The van der Waals surface area contributed by atoms with Crippen LogP contribution in [0.4, 0.5) is 0 Å². The molecule has 0 saturated heterocycles. The summed E-state index contributed by atoms with van der Waals surface area (Å²) in [5, 5.41) is 0. The van der Waals surface area contributed by atoms with E-state index in [1.54, 1.807) is 0 Å². The molecule has 0 aliphatic carbocycles. The molecule has 0 saturated carbocycles. The maximum Gasteiger partial charge on any atom is 0.140 e. The second-order valence-electron chi connectivity index (χ2n) is 3.14. The van der Waals surface area contributed by atoms with Crippen molar-refractivity contribution in [1.82, 2.24) is 9.97 Å². The van der Waals surface area contributed by atoms with E-state index in [1.165, 1.54) is 0 Å². The third kappa shape index (κ3) is 2.93. The van der Waals surface area contributed by atoms with Gasteiger partial charge >= 0.3 is 0 Å². The molecule has 13 heavy (non-hydrogen) atoms. The quantitative estimate of drug-likeness (QED) is 0.706. The maximum atomic E-state index is 11.1. The highest BCUT2D eigenvalue weighted by molar-refractivity contribution is 5.79. The molecule has 0 amide bonds. The van der Waals surface area contributed by atoms with Gasteiger partial charge in [0.15, 0.2) is 0 Å².